The number of thiol groups is 2. The average Bonchev–Trinajstić information content (AvgIpc) is 2.64. The van der Waals surface area contributed by atoms with Crippen LogP contribution < -0.4 is 0 Å². The van der Waals surface area contributed by atoms with Gasteiger partial charge in [-0.1, -0.05) is 71.1 Å². The molecule has 0 bridgehead atoms. The Morgan fingerprint density at radius 3 is 1.46 bits per heavy atom. The fourth-order valence-electron chi connectivity index (χ4n) is 2.66. The highest BCUT2D eigenvalue weighted by atomic mass is 32.1. The van der Waals surface area contributed by atoms with Gasteiger partial charge in [0.05, 0.1) is 13.2 Å². The van der Waals surface area contributed by atoms with Crippen molar-refractivity contribution in [3.8, 4) is 0 Å². The van der Waals surface area contributed by atoms with E-state index in [0.29, 0.717) is 5.75 Å². The second-order valence-electron chi connectivity index (χ2n) is 6.91. The summed E-state index contributed by atoms with van der Waals surface area (Å²) in [5.74, 6) is 0.478. The van der Waals surface area contributed by atoms with E-state index < -0.39 is 22.6 Å². The van der Waals surface area contributed by atoms with Crippen LogP contribution in [0.5, 0.6) is 0 Å². The van der Waals surface area contributed by atoms with Gasteiger partial charge >= 0.3 is 17.2 Å². The van der Waals surface area contributed by atoms with E-state index in [1.165, 1.54) is 57.8 Å². The van der Waals surface area contributed by atoms with Crippen molar-refractivity contribution in [2.45, 2.75) is 82.8 Å². The maximum atomic E-state index is 9.45. The molecular weight excluding hydrogens is 442 g/mol. The molecule has 0 aliphatic rings. The Hall–Kier alpha value is 1.28. The standard InChI is InChI=1S/C17H36O2S2.H4O5P2/c1-2-3-4-5-6-7-8-9-10-11-12-16(21)17(13-18,14-19)15-20;1-6(2)5-7(3)4/h16,18-21H,2-15H2,1H3;1-4H. The van der Waals surface area contributed by atoms with Crippen molar-refractivity contribution in [1.82, 2.24) is 0 Å². The zero-order valence-electron chi connectivity index (χ0n) is 16.9. The molecule has 0 fully saturated rings. The Bertz CT molecular complexity index is 312. The van der Waals surface area contributed by atoms with Gasteiger partial charge in [-0.25, -0.2) is 4.31 Å². The third kappa shape index (κ3) is 18.1. The number of hydrogen-bond acceptors (Lipinski definition) is 9. The van der Waals surface area contributed by atoms with Crippen LogP contribution in [0.1, 0.15) is 77.6 Å². The monoisotopic (exact) mass is 482 g/mol. The summed E-state index contributed by atoms with van der Waals surface area (Å²) in [6, 6.07) is 0. The van der Waals surface area contributed by atoms with Crippen LogP contribution in [-0.4, -0.2) is 54.0 Å². The van der Waals surface area contributed by atoms with Crippen molar-refractivity contribution in [3.63, 3.8) is 0 Å². The predicted octanol–water partition coefficient (Wildman–Crippen LogP) is 3.92. The average molecular weight is 483 g/mol. The lowest BCUT2D eigenvalue weighted by Crippen LogP contribution is -2.41. The smallest absolute Gasteiger partial charge is 0.334 e. The first-order valence-corrected chi connectivity index (χ1v) is 13.3. The first-order chi connectivity index (χ1) is 13.3. The topological polar surface area (TPSA) is 131 Å². The van der Waals surface area contributed by atoms with Gasteiger partial charge in [0, 0.05) is 16.4 Å². The molecule has 0 aromatic heterocycles. The Morgan fingerprint density at radius 1 is 0.786 bits per heavy atom. The van der Waals surface area contributed by atoms with Crippen LogP contribution >= 0.6 is 42.5 Å². The highest BCUT2D eigenvalue weighted by Crippen LogP contribution is 2.41. The molecule has 0 aromatic rings. The largest absolute Gasteiger partial charge is 0.396 e. The minimum Gasteiger partial charge on any atom is -0.396 e. The first-order valence-electron chi connectivity index (χ1n) is 9.84. The molecule has 0 rings (SSSR count). The third-order valence-corrected chi connectivity index (χ3v) is 7.23. The summed E-state index contributed by atoms with van der Waals surface area (Å²) in [6.45, 7) is 2.17. The lowest BCUT2D eigenvalue weighted by Gasteiger charge is -2.33. The Balaban J connectivity index is 0. The molecule has 11 heteroatoms. The molecule has 28 heavy (non-hydrogen) atoms. The van der Waals surface area contributed by atoms with Crippen molar-refractivity contribution < 1.29 is 34.1 Å². The molecule has 0 aliphatic heterocycles. The van der Waals surface area contributed by atoms with Gasteiger partial charge in [0.1, 0.15) is 0 Å². The minimum absolute atomic E-state index is 0.0269. The van der Waals surface area contributed by atoms with Crippen molar-refractivity contribution in [2.75, 3.05) is 19.0 Å². The molecule has 1 atom stereocenters. The van der Waals surface area contributed by atoms with Gasteiger partial charge in [-0.3, -0.25) is 0 Å². The quantitative estimate of drug-likeness (QED) is 0.0896. The highest BCUT2D eigenvalue weighted by molar-refractivity contribution is 7.81. The SMILES string of the molecule is CCCCCCCCCCCCC(S)C(CO)(CO)CS.OP(O)OP(O)O. The Labute approximate surface area is 183 Å². The molecule has 6 N–H and O–H groups in total. The fourth-order valence-corrected chi connectivity index (χ4v) is 4.19. The van der Waals surface area contributed by atoms with E-state index in [1.807, 2.05) is 0 Å². The number of aliphatic hydroxyl groups is 2. The molecule has 0 spiro atoms. The van der Waals surface area contributed by atoms with E-state index in [2.05, 4.69) is 36.5 Å². The van der Waals surface area contributed by atoms with Crippen LogP contribution in [0, 0.1) is 5.41 Å². The molecule has 0 heterocycles. The lowest BCUT2D eigenvalue weighted by atomic mass is 9.85. The maximum Gasteiger partial charge on any atom is 0.334 e. The normalized spacial score (nSPS) is 13.0. The summed E-state index contributed by atoms with van der Waals surface area (Å²) in [5, 5.41) is 18.9. The van der Waals surface area contributed by atoms with Gasteiger partial charge in [0.25, 0.3) is 0 Å². The summed E-state index contributed by atoms with van der Waals surface area (Å²) in [7, 11) is -5.22. The Kier molecular flexibility index (Phi) is 24.2. The van der Waals surface area contributed by atoms with Crippen LogP contribution in [0.25, 0.3) is 0 Å². The lowest BCUT2D eigenvalue weighted by molar-refractivity contribution is 0.0704. The molecular formula is C17H40O7P2S2. The van der Waals surface area contributed by atoms with Crippen LogP contribution in [0.2, 0.25) is 0 Å². The summed E-state index contributed by atoms with van der Waals surface area (Å²) in [4.78, 5) is 31.3. The molecule has 172 valence electrons. The minimum atomic E-state index is -2.61. The summed E-state index contributed by atoms with van der Waals surface area (Å²) in [6.07, 6.45) is 14.2. The second-order valence-corrected chi connectivity index (χ2v) is 9.51. The summed E-state index contributed by atoms with van der Waals surface area (Å²) < 4.78 is 3.60. The van der Waals surface area contributed by atoms with Crippen LogP contribution in [0.3, 0.4) is 0 Å². The molecule has 0 aliphatic carbocycles. The van der Waals surface area contributed by atoms with Gasteiger partial charge in [0.2, 0.25) is 0 Å². The molecule has 1 unspecified atom stereocenters. The van der Waals surface area contributed by atoms with Gasteiger partial charge in [-0.15, -0.1) is 0 Å². The highest BCUT2D eigenvalue weighted by Gasteiger charge is 2.34. The van der Waals surface area contributed by atoms with E-state index in [9.17, 15) is 10.2 Å². The van der Waals surface area contributed by atoms with Gasteiger partial charge in [0.15, 0.2) is 0 Å². The predicted molar refractivity (Wildman–Crippen MR) is 123 cm³/mol. The van der Waals surface area contributed by atoms with Crippen molar-refractivity contribution in [1.29, 1.82) is 0 Å². The van der Waals surface area contributed by atoms with E-state index in [0.717, 1.165) is 12.8 Å². The van der Waals surface area contributed by atoms with Crippen molar-refractivity contribution in [3.05, 3.63) is 0 Å². The molecule has 0 saturated carbocycles. The number of aliphatic hydroxyl groups excluding tert-OH is 2. The van der Waals surface area contributed by atoms with E-state index in [-0.39, 0.29) is 18.5 Å². The second kappa shape index (κ2) is 21.5. The fraction of sp³-hybridized carbons (Fsp3) is 1.00. The zero-order valence-corrected chi connectivity index (χ0v) is 20.4. The van der Waals surface area contributed by atoms with Crippen molar-refractivity contribution in [2.24, 2.45) is 5.41 Å². The number of rotatable bonds is 17. The third-order valence-electron chi connectivity index (χ3n) is 4.63. The summed E-state index contributed by atoms with van der Waals surface area (Å²) in [5.41, 5.74) is -0.536. The summed E-state index contributed by atoms with van der Waals surface area (Å²) >= 11 is 8.83. The molecule has 0 radical (unpaired) electrons. The Morgan fingerprint density at radius 2 is 1.18 bits per heavy atom. The molecule has 0 amide bonds. The number of unbranched alkanes of at least 4 members (excludes halogenated alkanes) is 9. The van der Waals surface area contributed by atoms with Crippen LogP contribution in [0.15, 0.2) is 0 Å². The maximum absolute atomic E-state index is 9.45. The van der Waals surface area contributed by atoms with Crippen LogP contribution in [0.4, 0.5) is 0 Å². The first kappa shape index (κ1) is 31.5. The molecule has 0 saturated heterocycles. The number of hydrogen-bond donors (Lipinski definition) is 8. The van der Waals surface area contributed by atoms with Gasteiger partial charge in [-0.05, 0) is 6.42 Å². The van der Waals surface area contributed by atoms with Gasteiger partial charge < -0.3 is 29.8 Å². The van der Waals surface area contributed by atoms with E-state index in [4.69, 9.17) is 19.6 Å². The molecule has 7 nitrogen and oxygen atoms in total. The van der Waals surface area contributed by atoms with E-state index >= 15 is 0 Å². The van der Waals surface area contributed by atoms with Crippen LogP contribution in [-0.2, 0) is 4.31 Å². The van der Waals surface area contributed by atoms with Crippen molar-refractivity contribution >= 4 is 42.5 Å². The van der Waals surface area contributed by atoms with Gasteiger partial charge in [-0.2, -0.15) is 25.3 Å². The molecule has 0 aromatic carbocycles. The zero-order chi connectivity index (χ0) is 21.8. The van der Waals surface area contributed by atoms with E-state index in [1.54, 1.807) is 0 Å².